The molecule has 0 spiro atoms. The number of nitrogens with zero attached hydrogens (tertiary/aromatic N) is 1. The van der Waals surface area contributed by atoms with Crippen LogP contribution in [0.25, 0.3) is 0 Å². The summed E-state index contributed by atoms with van der Waals surface area (Å²) < 4.78 is 5.33. The standard InChI is InChI=1S/C25H24N2O3/c1-17-11-13-18(14-12-17)22(27-16-19-7-3-4-8-20(19)25(27)29)15-24(28)26-21-9-5-6-10-23(21)30-2/h3-14,22H,15-16H2,1-2H3,(H,26,28). The average Bonchev–Trinajstić information content (AvgIpc) is 3.10. The first kappa shape index (κ1) is 19.7. The van der Waals surface area contributed by atoms with Crippen LogP contribution in [0, 0.1) is 6.92 Å². The third-order valence-corrected chi connectivity index (χ3v) is 5.45. The summed E-state index contributed by atoms with van der Waals surface area (Å²) in [4.78, 5) is 27.8. The van der Waals surface area contributed by atoms with Crippen LogP contribution in [-0.2, 0) is 11.3 Å². The molecule has 30 heavy (non-hydrogen) atoms. The first-order valence-corrected chi connectivity index (χ1v) is 9.95. The van der Waals surface area contributed by atoms with Crippen LogP contribution in [0.4, 0.5) is 5.69 Å². The number of fused-ring (bicyclic) bond motifs is 1. The highest BCUT2D eigenvalue weighted by Gasteiger charge is 2.34. The predicted molar refractivity (Wildman–Crippen MR) is 116 cm³/mol. The second kappa shape index (κ2) is 8.41. The number of rotatable bonds is 6. The monoisotopic (exact) mass is 400 g/mol. The van der Waals surface area contributed by atoms with Gasteiger partial charge in [-0.2, -0.15) is 0 Å². The number of benzene rings is 3. The number of hydrogen-bond acceptors (Lipinski definition) is 3. The van der Waals surface area contributed by atoms with Crippen LogP contribution in [0.15, 0.2) is 72.8 Å². The summed E-state index contributed by atoms with van der Waals surface area (Å²) >= 11 is 0. The zero-order chi connectivity index (χ0) is 21.1. The van der Waals surface area contributed by atoms with Crippen molar-refractivity contribution in [1.29, 1.82) is 0 Å². The molecule has 1 heterocycles. The molecule has 0 aromatic heterocycles. The second-order valence-electron chi connectivity index (χ2n) is 7.47. The van der Waals surface area contributed by atoms with Gasteiger partial charge in [0.2, 0.25) is 5.91 Å². The highest BCUT2D eigenvalue weighted by Crippen LogP contribution is 2.34. The van der Waals surface area contributed by atoms with Crippen LogP contribution in [0.2, 0.25) is 0 Å². The van der Waals surface area contributed by atoms with Crippen molar-refractivity contribution in [3.63, 3.8) is 0 Å². The highest BCUT2D eigenvalue weighted by atomic mass is 16.5. The van der Waals surface area contributed by atoms with Crippen molar-refractivity contribution in [2.75, 3.05) is 12.4 Å². The lowest BCUT2D eigenvalue weighted by atomic mass is 10.00. The van der Waals surface area contributed by atoms with Gasteiger partial charge in [0, 0.05) is 12.1 Å². The SMILES string of the molecule is COc1ccccc1NC(=O)CC(c1ccc(C)cc1)N1Cc2ccccc2C1=O. The van der Waals surface area contributed by atoms with E-state index in [-0.39, 0.29) is 24.3 Å². The van der Waals surface area contributed by atoms with Crippen LogP contribution in [-0.4, -0.2) is 23.8 Å². The van der Waals surface area contributed by atoms with Crippen LogP contribution in [0.3, 0.4) is 0 Å². The minimum absolute atomic E-state index is 0.0405. The minimum Gasteiger partial charge on any atom is -0.495 e. The number of nitrogens with one attached hydrogen (secondary N) is 1. The minimum atomic E-state index is -0.361. The molecule has 4 rings (SSSR count). The largest absolute Gasteiger partial charge is 0.495 e. The Morgan fingerprint density at radius 2 is 1.73 bits per heavy atom. The van der Waals surface area contributed by atoms with Crippen molar-refractivity contribution in [1.82, 2.24) is 4.90 Å². The quantitative estimate of drug-likeness (QED) is 0.651. The number of anilines is 1. The van der Waals surface area contributed by atoms with Gasteiger partial charge in [0.15, 0.2) is 0 Å². The number of para-hydroxylation sites is 2. The van der Waals surface area contributed by atoms with Crippen molar-refractivity contribution in [2.45, 2.75) is 25.9 Å². The van der Waals surface area contributed by atoms with Gasteiger partial charge in [-0.3, -0.25) is 9.59 Å². The molecule has 3 aromatic rings. The van der Waals surface area contributed by atoms with Crippen molar-refractivity contribution < 1.29 is 14.3 Å². The van der Waals surface area contributed by atoms with E-state index in [9.17, 15) is 9.59 Å². The van der Waals surface area contributed by atoms with E-state index in [1.54, 1.807) is 24.1 Å². The summed E-state index contributed by atoms with van der Waals surface area (Å²) in [5, 5.41) is 2.93. The molecule has 1 N–H and O–H groups in total. The van der Waals surface area contributed by atoms with Gasteiger partial charge in [0.05, 0.1) is 25.3 Å². The first-order chi connectivity index (χ1) is 14.6. The van der Waals surface area contributed by atoms with Crippen molar-refractivity contribution in [3.05, 3.63) is 95.1 Å². The zero-order valence-electron chi connectivity index (χ0n) is 17.1. The maximum Gasteiger partial charge on any atom is 0.255 e. The Morgan fingerprint density at radius 1 is 1.03 bits per heavy atom. The zero-order valence-corrected chi connectivity index (χ0v) is 17.1. The molecule has 0 fully saturated rings. The molecular formula is C25H24N2O3. The van der Waals surface area contributed by atoms with Crippen LogP contribution < -0.4 is 10.1 Å². The molecule has 1 aliphatic rings. The summed E-state index contributed by atoms with van der Waals surface area (Å²) in [7, 11) is 1.57. The second-order valence-corrected chi connectivity index (χ2v) is 7.47. The number of hydrogen-bond donors (Lipinski definition) is 1. The molecule has 0 radical (unpaired) electrons. The molecule has 152 valence electrons. The first-order valence-electron chi connectivity index (χ1n) is 9.95. The molecule has 1 aliphatic heterocycles. The Balaban J connectivity index is 1.61. The van der Waals surface area contributed by atoms with Gasteiger partial charge in [-0.25, -0.2) is 0 Å². The Hall–Kier alpha value is -3.60. The predicted octanol–water partition coefficient (Wildman–Crippen LogP) is 4.73. The smallest absolute Gasteiger partial charge is 0.255 e. The Morgan fingerprint density at radius 3 is 2.47 bits per heavy atom. The fourth-order valence-corrected chi connectivity index (χ4v) is 3.85. The number of amides is 2. The summed E-state index contributed by atoms with van der Waals surface area (Å²) in [6.07, 6.45) is 0.154. The maximum absolute atomic E-state index is 13.1. The Bertz CT molecular complexity index is 1080. The lowest BCUT2D eigenvalue weighted by molar-refractivity contribution is -0.117. The van der Waals surface area contributed by atoms with E-state index in [2.05, 4.69) is 5.32 Å². The lowest BCUT2D eigenvalue weighted by Gasteiger charge is -2.28. The van der Waals surface area contributed by atoms with E-state index in [0.29, 0.717) is 23.5 Å². The highest BCUT2D eigenvalue weighted by molar-refractivity contribution is 5.99. The number of ether oxygens (including phenoxy) is 1. The van der Waals surface area contributed by atoms with Crippen LogP contribution >= 0.6 is 0 Å². The molecule has 0 saturated carbocycles. The third-order valence-electron chi connectivity index (χ3n) is 5.45. The van der Waals surface area contributed by atoms with Crippen LogP contribution in [0.1, 0.15) is 39.5 Å². The molecular weight excluding hydrogens is 376 g/mol. The molecule has 3 aromatic carbocycles. The fraction of sp³-hybridized carbons (Fsp3) is 0.200. The topological polar surface area (TPSA) is 58.6 Å². The average molecular weight is 400 g/mol. The lowest BCUT2D eigenvalue weighted by Crippen LogP contribution is -2.32. The summed E-state index contributed by atoms with van der Waals surface area (Å²) in [5.74, 6) is 0.387. The van der Waals surface area contributed by atoms with Crippen molar-refractivity contribution in [2.24, 2.45) is 0 Å². The molecule has 1 unspecified atom stereocenters. The maximum atomic E-state index is 13.1. The molecule has 1 atom stereocenters. The van der Waals surface area contributed by atoms with E-state index in [0.717, 1.165) is 16.7 Å². The van der Waals surface area contributed by atoms with Gasteiger partial charge >= 0.3 is 0 Å². The molecule has 2 amide bonds. The Labute approximate surface area is 176 Å². The van der Waals surface area contributed by atoms with Gasteiger partial charge < -0.3 is 15.0 Å². The van der Waals surface area contributed by atoms with Gasteiger partial charge in [0.25, 0.3) is 5.91 Å². The van der Waals surface area contributed by atoms with Gasteiger partial charge in [0.1, 0.15) is 5.75 Å². The third kappa shape index (κ3) is 3.92. The summed E-state index contributed by atoms with van der Waals surface area (Å²) in [5.41, 5.74) is 4.39. The van der Waals surface area contributed by atoms with Gasteiger partial charge in [-0.05, 0) is 36.2 Å². The van der Waals surface area contributed by atoms with Crippen LogP contribution in [0.5, 0.6) is 5.75 Å². The van der Waals surface area contributed by atoms with E-state index >= 15 is 0 Å². The molecule has 0 saturated heterocycles. The molecule has 0 aliphatic carbocycles. The van der Waals surface area contributed by atoms with Gasteiger partial charge in [-0.1, -0.05) is 60.2 Å². The van der Waals surface area contributed by atoms with Crippen molar-refractivity contribution >= 4 is 17.5 Å². The number of carbonyl (C=O) groups excluding carboxylic acids is 2. The fourth-order valence-electron chi connectivity index (χ4n) is 3.85. The molecule has 5 heteroatoms. The summed E-state index contributed by atoms with van der Waals surface area (Å²) in [6.45, 7) is 2.51. The number of carbonyl (C=O) groups is 2. The normalized spacial score (nSPS) is 13.7. The van der Waals surface area contributed by atoms with E-state index < -0.39 is 0 Å². The number of aryl methyl sites for hydroxylation is 1. The summed E-state index contributed by atoms with van der Waals surface area (Å²) in [6, 6.07) is 22.6. The Kier molecular flexibility index (Phi) is 5.53. The molecule has 5 nitrogen and oxygen atoms in total. The number of methoxy groups -OCH3 is 1. The van der Waals surface area contributed by atoms with E-state index in [1.807, 2.05) is 67.6 Å². The van der Waals surface area contributed by atoms with Gasteiger partial charge in [-0.15, -0.1) is 0 Å². The van der Waals surface area contributed by atoms with E-state index in [4.69, 9.17) is 4.74 Å². The molecule has 0 bridgehead atoms. The van der Waals surface area contributed by atoms with Crippen molar-refractivity contribution in [3.8, 4) is 5.75 Å². The van der Waals surface area contributed by atoms with E-state index in [1.165, 1.54) is 0 Å².